The third-order valence-electron chi connectivity index (χ3n) is 12.5. The van der Waals surface area contributed by atoms with Gasteiger partial charge in [-0.25, -0.2) is 19.2 Å². The van der Waals surface area contributed by atoms with Gasteiger partial charge in [0, 0.05) is 30.0 Å². The van der Waals surface area contributed by atoms with Crippen molar-refractivity contribution in [2.45, 2.75) is 90.2 Å². The molecule has 0 bridgehead atoms. The summed E-state index contributed by atoms with van der Waals surface area (Å²) in [6, 6.07) is 0. The van der Waals surface area contributed by atoms with Gasteiger partial charge in [-0.2, -0.15) is 0 Å². The van der Waals surface area contributed by atoms with Gasteiger partial charge in [-0.05, 0) is 87.0 Å². The third-order valence-corrected chi connectivity index (χ3v) is 12.5. The summed E-state index contributed by atoms with van der Waals surface area (Å²) in [6.45, 7) is 8.23. The number of aliphatic hydroxyl groups excluding tert-OH is 1. The minimum Gasteiger partial charge on any atom is -0.458 e. The fraction of sp³-hybridized carbons (Fsp3) is 0.688. The number of alkyl halides is 1. The maximum atomic E-state index is 16.0. The molecule has 1 spiro atoms. The fourth-order valence-corrected chi connectivity index (χ4v) is 10.4. The predicted molar refractivity (Wildman–Crippen MR) is 144 cm³/mol. The number of fused-ring (bicyclic) bond motifs is 4. The van der Waals surface area contributed by atoms with Crippen molar-refractivity contribution in [1.82, 2.24) is 9.97 Å². The van der Waals surface area contributed by atoms with Gasteiger partial charge >= 0.3 is 5.97 Å². The van der Waals surface area contributed by atoms with E-state index in [1.165, 1.54) is 12.4 Å². The summed E-state index contributed by atoms with van der Waals surface area (Å²) < 4.78 is 28.2. The van der Waals surface area contributed by atoms with Gasteiger partial charge in [0.15, 0.2) is 12.0 Å². The van der Waals surface area contributed by atoms with Crippen LogP contribution in [-0.4, -0.2) is 57.4 Å². The average molecular weight is 551 g/mol. The number of Topliss-reactive ketones (excluding diaryl/α,β-unsaturated/α-hetero) is 1. The molecule has 0 aromatic carbocycles. The Morgan fingerprint density at radius 3 is 2.60 bits per heavy atom. The topological polar surface area (TPSA) is 102 Å². The predicted octanol–water partition coefficient (Wildman–Crippen LogP) is 4.65. The van der Waals surface area contributed by atoms with Gasteiger partial charge in [0.05, 0.1) is 23.7 Å². The number of carbonyl (C=O) groups is 2. The Balaban J connectivity index is 1.18. The van der Waals surface area contributed by atoms with Crippen molar-refractivity contribution in [2.24, 2.45) is 40.4 Å². The van der Waals surface area contributed by atoms with Crippen LogP contribution < -0.4 is 0 Å². The number of epoxide rings is 1. The molecular formula is C32H39FN2O5. The Morgan fingerprint density at radius 2 is 1.90 bits per heavy atom. The summed E-state index contributed by atoms with van der Waals surface area (Å²) in [5.74, 6) is 0.867. The lowest BCUT2D eigenvalue weighted by Crippen LogP contribution is -2.63. The van der Waals surface area contributed by atoms with Crippen LogP contribution in [0.15, 0.2) is 35.9 Å². The maximum absolute atomic E-state index is 16.0. The normalized spacial score (nSPS) is 46.5. The standard InChI is InChI=1S/C32H39FN2O5/c1-16-9-25(39-29(38)21(16)14-36)17(2)22-5-6-23-20-11-27-32(40-27)26(33)10-19(18-12-34-15-35-13-18)28(37)31(32,4)24(20)7-8-30(22,23)3/h10,12-13,15,17,20,22-27,36H,5-9,11,14H2,1-4H3/t17-,20-,22+,23-,24-,25?,26+,27+,30+,31-,32+/m0/s1. The summed E-state index contributed by atoms with van der Waals surface area (Å²) in [5, 5.41) is 9.59. The van der Waals surface area contributed by atoms with E-state index >= 15 is 4.39 Å². The number of ether oxygens (including phenoxy) is 2. The number of carbonyl (C=O) groups excluding carboxylic acids is 2. The molecule has 7 rings (SSSR count). The van der Waals surface area contributed by atoms with Crippen LogP contribution in [0.5, 0.6) is 0 Å². The molecule has 1 unspecified atom stereocenters. The van der Waals surface area contributed by atoms with Crippen LogP contribution in [0.1, 0.15) is 71.8 Å². The summed E-state index contributed by atoms with van der Waals surface area (Å²) >= 11 is 0. The lowest BCUT2D eigenvalue weighted by atomic mass is 9.43. The van der Waals surface area contributed by atoms with E-state index in [1.54, 1.807) is 12.4 Å². The fourth-order valence-electron chi connectivity index (χ4n) is 10.4. The molecule has 2 aliphatic heterocycles. The number of halogens is 1. The molecule has 214 valence electrons. The van der Waals surface area contributed by atoms with Crippen LogP contribution in [0, 0.1) is 40.4 Å². The van der Waals surface area contributed by atoms with Crippen molar-refractivity contribution >= 4 is 17.3 Å². The number of aliphatic hydroxyl groups is 1. The Labute approximate surface area is 234 Å². The summed E-state index contributed by atoms with van der Waals surface area (Å²) in [6.07, 6.45) is 9.64. The molecule has 3 saturated carbocycles. The monoisotopic (exact) mass is 550 g/mol. The van der Waals surface area contributed by atoms with E-state index in [-0.39, 0.29) is 47.8 Å². The highest BCUT2D eigenvalue weighted by molar-refractivity contribution is 6.25. The zero-order chi connectivity index (χ0) is 28.2. The van der Waals surface area contributed by atoms with E-state index in [2.05, 4.69) is 23.8 Å². The van der Waals surface area contributed by atoms with Crippen LogP contribution in [0.25, 0.3) is 5.57 Å². The molecule has 1 aromatic heterocycles. The third kappa shape index (κ3) is 3.23. The first-order chi connectivity index (χ1) is 19.1. The first kappa shape index (κ1) is 26.4. The molecule has 11 atom stereocenters. The van der Waals surface area contributed by atoms with Crippen LogP contribution in [-0.2, 0) is 19.1 Å². The molecule has 7 nitrogen and oxygen atoms in total. The van der Waals surface area contributed by atoms with E-state index in [4.69, 9.17) is 9.47 Å². The number of rotatable bonds is 4. The lowest BCUT2D eigenvalue weighted by Gasteiger charge is -2.58. The first-order valence-electron chi connectivity index (χ1n) is 14.9. The van der Waals surface area contributed by atoms with Gasteiger partial charge in [0.2, 0.25) is 0 Å². The maximum Gasteiger partial charge on any atom is 0.336 e. The molecule has 40 heavy (non-hydrogen) atoms. The second-order valence-corrected chi connectivity index (χ2v) is 13.8. The first-order valence-corrected chi connectivity index (χ1v) is 14.9. The highest BCUT2D eigenvalue weighted by Crippen LogP contribution is 2.74. The Hall–Kier alpha value is -2.45. The van der Waals surface area contributed by atoms with Crippen molar-refractivity contribution in [1.29, 1.82) is 0 Å². The molecular weight excluding hydrogens is 511 g/mol. The minimum atomic E-state index is -1.35. The smallest absolute Gasteiger partial charge is 0.336 e. The van der Waals surface area contributed by atoms with Gasteiger partial charge < -0.3 is 14.6 Å². The zero-order valence-electron chi connectivity index (χ0n) is 23.7. The number of esters is 1. The minimum absolute atomic E-state index is 0.0315. The largest absolute Gasteiger partial charge is 0.458 e. The number of ketones is 1. The van der Waals surface area contributed by atoms with Crippen LogP contribution >= 0.6 is 0 Å². The van der Waals surface area contributed by atoms with E-state index in [9.17, 15) is 14.7 Å². The quantitative estimate of drug-likeness (QED) is 0.430. The second kappa shape index (κ2) is 8.78. The Morgan fingerprint density at radius 1 is 1.15 bits per heavy atom. The van der Waals surface area contributed by atoms with Gasteiger partial charge in [-0.3, -0.25) is 4.79 Å². The zero-order valence-corrected chi connectivity index (χ0v) is 23.7. The summed E-state index contributed by atoms with van der Waals surface area (Å²) in [4.78, 5) is 35.1. The number of allylic oxidation sites excluding steroid dienone is 1. The number of hydrogen-bond donors (Lipinski definition) is 1. The molecule has 8 heteroatoms. The lowest BCUT2D eigenvalue weighted by molar-refractivity contribution is -0.154. The van der Waals surface area contributed by atoms with Gasteiger partial charge in [-0.15, -0.1) is 0 Å². The van der Waals surface area contributed by atoms with Crippen molar-refractivity contribution in [2.75, 3.05) is 6.61 Å². The highest BCUT2D eigenvalue weighted by Gasteiger charge is 2.81. The van der Waals surface area contributed by atoms with Crippen molar-refractivity contribution < 1.29 is 28.6 Å². The summed E-state index contributed by atoms with van der Waals surface area (Å²) in [5.41, 5.74) is 0.308. The van der Waals surface area contributed by atoms with Crippen LogP contribution in [0.2, 0.25) is 0 Å². The highest BCUT2D eigenvalue weighted by atomic mass is 19.1. The SMILES string of the molecule is CC1=C(CO)C(=O)OC([C@@H](C)[C@H]2CC[C@H]3[C@@H]4C[C@H]5O[C@]56[C@H](F)C=C(c5cncnc5)C(=O)[C@]6(C)[C@H]4CC[C@]23C)C1. The molecule has 1 aromatic rings. The molecule has 1 N–H and O–H groups in total. The molecule has 6 aliphatic rings. The number of cyclic esters (lactones) is 1. The second-order valence-electron chi connectivity index (χ2n) is 13.8. The Bertz CT molecular complexity index is 1330. The van der Waals surface area contributed by atoms with Gasteiger partial charge in [-0.1, -0.05) is 19.4 Å². The van der Waals surface area contributed by atoms with E-state index in [1.807, 2.05) is 13.8 Å². The van der Waals surface area contributed by atoms with E-state index in [0.717, 1.165) is 37.7 Å². The number of hydrogen-bond acceptors (Lipinski definition) is 7. The van der Waals surface area contributed by atoms with Gasteiger partial charge in [0.25, 0.3) is 0 Å². The van der Waals surface area contributed by atoms with Gasteiger partial charge in [0.1, 0.15) is 18.0 Å². The number of nitrogens with zero attached hydrogens (tertiary/aromatic N) is 2. The molecule has 0 amide bonds. The summed E-state index contributed by atoms with van der Waals surface area (Å²) in [7, 11) is 0. The molecule has 0 radical (unpaired) electrons. The number of aromatic nitrogens is 2. The van der Waals surface area contributed by atoms with Crippen LogP contribution in [0.4, 0.5) is 4.39 Å². The molecule has 3 heterocycles. The Kier molecular flexibility index (Phi) is 5.80. The molecule has 1 saturated heterocycles. The average Bonchev–Trinajstić information content (AvgIpc) is 3.58. The van der Waals surface area contributed by atoms with E-state index < -0.39 is 23.2 Å². The van der Waals surface area contributed by atoms with Crippen LogP contribution in [0.3, 0.4) is 0 Å². The van der Waals surface area contributed by atoms with Crippen molar-refractivity contribution in [3.05, 3.63) is 41.5 Å². The van der Waals surface area contributed by atoms with E-state index in [0.29, 0.717) is 35.0 Å². The molecule has 4 aliphatic carbocycles. The molecule has 4 fully saturated rings. The van der Waals surface area contributed by atoms with Crippen molar-refractivity contribution in [3.8, 4) is 0 Å². The van der Waals surface area contributed by atoms with Crippen molar-refractivity contribution in [3.63, 3.8) is 0 Å².